The van der Waals surface area contributed by atoms with Crippen molar-refractivity contribution in [2.45, 2.75) is 78.9 Å². The van der Waals surface area contributed by atoms with Crippen LogP contribution in [0.3, 0.4) is 0 Å². The van der Waals surface area contributed by atoms with Gasteiger partial charge in [-0.05, 0) is 62.9 Å². The molecule has 0 aromatic rings. The monoisotopic (exact) mass is 400 g/mol. The standard InChI is InChI=1S/C25H36O4/c1-6-25(4,5)24(27)29-21-15-16(2)14-18-11-10-17(3)20(23(18)21)13-12-19-8-7-9-22(26)28-19/h7,9-11,14,16-17,19-21,23H,6,8,12-13,15H2,1-5H3/t16-,17-,19-,20-,21-,23-/m1/s1. The summed E-state index contributed by atoms with van der Waals surface area (Å²) in [4.78, 5) is 24.4. The Bertz CT molecular complexity index is 714. The van der Waals surface area contributed by atoms with Crippen LogP contribution in [0, 0.1) is 29.1 Å². The van der Waals surface area contributed by atoms with Gasteiger partial charge in [-0.1, -0.05) is 45.1 Å². The van der Waals surface area contributed by atoms with E-state index in [2.05, 4.69) is 32.1 Å². The van der Waals surface area contributed by atoms with E-state index in [4.69, 9.17) is 9.47 Å². The van der Waals surface area contributed by atoms with Crippen molar-refractivity contribution in [3.8, 4) is 0 Å². The number of rotatable bonds is 6. The lowest BCUT2D eigenvalue weighted by atomic mass is 9.65. The minimum Gasteiger partial charge on any atom is -0.461 e. The number of fused-ring (bicyclic) bond motifs is 1. The second-order valence-corrected chi connectivity index (χ2v) is 9.74. The van der Waals surface area contributed by atoms with Crippen LogP contribution in [0.4, 0.5) is 0 Å². The summed E-state index contributed by atoms with van der Waals surface area (Å²) in [5.74, 6) is 1.07. The summed E-state index contributed by atoms with van der Waals surface area (Å²) in [6.45, 7) is 10.4. The molecule has 0 radical (unpaired) electrons. The van der Waals surface area contributed by atoms with Crippen molar-refractivity contribution in [3.05, 3.63) is 36.0 Å². The highest BCUT2D eigenvalue weighted by Gasteiger charge is 2.43. The van der Waals surface area contributed by atoms with Gasteiger partial charge in [-0.15, -0.1) is 0 Å². The predicted molar refractivity (Wildman–Crippen MR) is 114 cm³/mol. The summed E-state index contributed by atoms with van der Waals surface area (Å²) >= 11 is 0. The molecule has 3 aliphatic rings. The molecular formula is C25H36O4. The van der Waals surface area contributed by atoms with Crippen LogP contribution in [0.15, 0.2) is 36.0 Å². The number of hydrogen-bond donors (Lipinski definition) is 0. The maximum atomic E-state index is 12.8. The summed E-state index contributed by atoms with van der Waals surface area (Å²) in [6, 6.07) is 0. The highest BCUT2D eigenvalue weighted by Crippen LogP contribution is 2.45. The van der Waals surface area contributed by atoms with Gasteiger partial charge in [0.05, 0.1) is 5.41 Å². The van der Waals surface area contributed by atoms with Crippen LogP contribution in [0.5, 0.6) is 0 Å². The zero-order chi connectivity index (χ0) is 21.2. The van der Waals surface area contributed by atoms with Crippen molar-refractivity contribution >= 4 is 11.9 Å². The summed E-state index contributed by atoms with van der Waals surface area (Å²) in [7, 11) is 0. The molecule has 1 heterocycles. The van der Waals surface area contributed by atoms with Gasteiger partial charge in [-0.2, -0.15) is 0 Å². The van der Waals surface area contributed by atoms with Gasteiger partial charge in [-0.3, -0.25) is 4.79 Å². The molecule has 29 heavy (non-hydrogen) atoms. The topological polar surface area (TPSA) is 52.6 Å². The lowest BCUT2D eigenvalue weighted by molar-refractivity contribution is -0.165. The largest absolute Gasteiger partial charge is 0.461 e. The Labute approximate surface area is 175 Å². The Balaban J connectivity index is 1.77. The van der Waals surface area contributed by atoms with Gasteiger partial charge in [0.2, 0.25) is 0 Å². The Morgan fingerprint density at radius 2 is 2.00 bits per heavy atom. The smallest absolute Gasteiger partial charge is 0.330 e. The minimum atomic E-state index is -0.460. The third-order valence-electron chi connectivity index (χ3n) is 7.05. The van der Waals surface area contributed by atoms with Crippen molar-refractivity contribution in [2.24, 2.45) is 29.1 Å². The molecule has 4 heteroatoms. The van der Waals surface area contributed by atoms with Crippen LogP contribution >= 0.6 is 0 Å². The molecule has 0 spiro atoms. The van der Waals surface area contributed by atoms with E-state index < -0.39 is 5.41 Å². The highest BCUT2D eigenvalue weighted by molar-refractivity contribution is 5.82. The normalized spacial score (nSPS) is 34.2. The number of allylic oxidation sites excluding steroid dienone is 3. The molecule has 160 valence electrons. The first-order chi connectivity index (χ1) is 13.7. The average molecular weight is 401 g/mol. The average Bonchev–Trinajstić information content (AvgIpc) is 2.67. The van der Waals surface area contributed by atoms with Gasteiger partial charge in [-0.25, -0.2) is 4.79 Å². The maximum Gasteiger partial charge on any atom is 0.330 e. The second-order valence-electron chi connectivity index (χ2n) is 9.74. The van der Waals surface area contributed by atoms with Crippen LogP contribution in [-0.2, 0) is 19.1 Å². The van der Waals surface area contributed by atoms with Crippen LogP contribution < -0.4 is 0 Å². The lowest BCUT2D eigenvalue weighted by Gasteiger charge is -2.44. The van der Waals surface area contributed by atoms with Crippen LogP contribution in [-0.4, -0.2) is 24.1 Å². The van der Waals surface area contributed by atoms with Gasteiger partial charge < -0.3 is 9.47 Å². The molecule has 0 aromatic carbocycles. The van der Waals surface area contributed by atoms with Crippen LogP contribution in [0.2, 0.25) is 0 Å². The predicted octanol–water partition coefficient (Wildman–Crippen LogP) is 5.39. The van der Waals surface area contributed by atoms with Crippen molar-refractivity contribution in [1.82, 2.24) is 0 Å². The first-order valence-electron chi connectivity index (χ1n) is 11.2. The molecule has 2 aliphatic carbocycles. The van der Waals surface area contributed by atoms with Crippen LogP contribution in [0.25, 0.3) is 0 Å². The van der Waals surface area contributed by atoms with Gasteiger partial charge in [0, 0.05) is 18.4 Å². The summed E-state index contributed by atoms with van der Waals surface area (Å²) in [5, 5.41) is 0. The Hall–Kier alpha value is -1.84. The number of esters is 2. The minimum absolute atomic E-state index is 0.0411. The fraction of sp³-hybridized carbons (Fsp3) is 0.680. The molecule has 0 saturated heterocycles. The van der Waals surface area contributed by atoms with E-state index in [0.29, 0.717) is 17.8 Å². The Kier molecular flexibility index (Phi) is 6.70. The number of ether oxygens (including phenoxy) is 2. The highest BCUT2D eigenvalue weighted by atomic mass is 16.5. The van der Waals surface area contributed by atoms with E-state index in [1.165, 1.54) is 11.6 Å². The first kappa shape index (κ1) is 21.9. The van der Waals surface area contributed by atoms with Crippen molar-refractivity contribution < 1.29 is 19.1 Å². The number of cyclic esters (lactones) is 1. The molecule has 0 amide bonds. The Morgan fingerprint density at radius 1 is 1.24 bits per heavy atom. The molecule has 0 N–H and O–H groups in total. The number of hydrogen-bond acceptors (Lipinski definition) is 4. The molecule has 0 bridgehead atoms. The molecule has 0 unspecified atom stereocenters. The summed E-state index contributed by atoms with van der Waals surface area (Å²) in [5.41, 5.74) is 0.846. The zero-order valence-electron chi connectivity index (χ0n) is 18.5. The summed E-state index contributed by atoms with van der Waals surface area (Å²) in [6.07, 6.45) is 14.4. The second kappa shape index (κ2) is 8.89. The van der Waals surface area contributed by atoms with Crippen molar-refractivity contribution in [2.75, 3.05) is 0 Å². The lowest BCUT2D eigenvalue weighted by Crippen LogP contribution is -2.43. The molecule has 3 rings (SSSR count). The SMILES string of the molecule is CCC(C)(C)C(=O)O[C@@H]1C[C@H](C)C=C2C=C[C@@H](C)[C@@H](CC[C@H]3CC=CC(=O)O3)[C@@H]21. The quantitative estimate of drug-likeness (QED) is 0.561. The van der Waals surface area contributed by atoms with E-state index in [-0.39, 0.29) is 30.1 Å². The van der Waals surface area contributed by atoms with Crippen LogP contribution in [0.1, 0.15) is 66.7 Å². The molecule has 6 atom stereocenters. The molecule has 4 nitrogen and oxygen atoms in total. The van der Waals surface area contributed by atoms with E-state index in [9.17, 15) is 9.59 Å². The summed E-state index contributed by atoms with van der Waals surface area (Å²) < 4.78 is 11.6. The maximum absolute atomic E-state index is 12.8. The van der Waals surface area contributed by atoms with E-state index in [1.807, 2.05) is 26.8 Å². The molecule has 0 saturated carbocycles. The number of carbonyl (C=O) groups excluding carboxylic acids is 2. The molecular weight excluding hydrogens is 364 g/mol. The fourth-order valence-electron chi connectivity index (χ4n) is 4.79. The van der Waals surface area contributed by atoms with E-state index in [0.717, 1.165) is 32.1 Å². The Morgan fingerprint density at radius 3 is 2.69 bits per heavy atom. The third-order valence-corrected chi connectivity index (χ3v) is 7.05. The first-order valence-corrected chi connectivity index (χ1v) is 11.2. The number of carbonyl (C=O) groups is 2. The third kappa shape index (κ3) is 5.02. The van der Waals surface area contributed by atoms with Gasteiger partial charge >= 0.3 is 11.9 Å². The van der Waals surface area contributed by atoms with E-state index in [1.54, 1.807) is 0 Å². The molecule has 0 fully saturated rings. The fourth-order valence-corrected chi connectivity index (χ4v) is 4.79. The van der Waals surface area contributed by atoms with Crippen molar-refractivity contribution in [1.29, 1.82) is 0 Å². The molecule has 0 aromatic heterocycles. The van der Waals surface area contributed by atoms with Gasteiger partial charge in [0.15, 0.2) is 0 Å². The molecule has 1 aliphatic heterocycles. The zero-order valence-corrected chi connectivity index (χ0v) is 18.5. The van der Waals surface area contributed by atoms with E-state index >= 15 is 0 Å². The van der Waals surface area contributed by atoms with Gasteiger partial charge in [0.25, 0.3) is 0 Å². The van der Waals surface area contributed by atoms with Gasteiger partial charge in [0.1, 0.15) is 12.2 Å². The van der Waals surface area contributed by atoms with Crippen molar-refractivity contribution in [3.63, 3.8) is 0 Å².